The summed E-state index contributed by atoms with van der Waals surface area (Å²) in [4.78, 5) is 35.0. The number of ether oxygens (including phenoxy) is 1. The lowest BCUT2D eigenvalue weighted by molar-refractivity contribution is -0.144. The molecule has 1 aliphatic heterocycles. The molecular weight excluding hydrogens is 410 g/mol. The topological polar surface area (TPSA) is 92.1 Å². The van der Waals surface area contributed by atoms with Gasteiger partial charge in [-0.2, -0.15) is 4.99 Å². The number of hydrogen-bond donors (Lipinski definition) is 1. The number of carbonyl (C=O) groups is 2. The molecule has 9 heteroatoms. The molecular formula is C20H21N3O4S2. The monoisotopic (exact) mass is 431 g/mol. The Morgan fingerprint density at radius 2 is 2.24 bits per heavy atom. The molecule has 1 unspecified atom stereocenters. The molecule has 0 radical (unpaired) electrons. The van der Waals surface area contributed by atoms with Crippen LogP contribution in [0.2, 0.25) is 0 Å². The number of hydrogen-bond acceptors (Lipinski definition) is 7. The van der Waals surface area contributed by atoms with Gasteiger partial charge < -0.3 is 9.84 Å². The maximum absolute atomic E-state index is 12.9. The Bertz CT molecular complexity index is 984. The van der Waals surface area contributed by atoms with Crippen molar-refractivity contribution in [2.75, 3.05) is 6.54 Å². The number of amidine groups is 1. The van der Waals surface area contributed by atoms with E-state index in [1.165, 1.54) is 30.0 Å². The Labute approximate surface area is 177 Å². The van der Waals surface area contributed by atoms with Gasteiger partial charge in [0.15, 0.2) is 11.3 Å². The third-order valence-electron chi connectivity index (χ3n) is 3.95. The number of rotatable bonds is 7. The van der Waals surface area contributed by atoms with Gasteiger partial charge in [0.05, 0.1) is 10.6 Å². The smallest absolute Gasteiger partial charge is 0.344 e. The summed E-state index contributed by atoms with van der Waals surface area (Å²) in [6, 6.07) is 7.00. The van der Waals surface area contributed by atoms with Crippen molar-refractivity contribution in [1.82, 2.24) is 9.88 Å². The number of aromatic nitrogens is 1. The molecule has 1 atom stereocenters. The van der Waals surface area contributed by atoms with Crippen LogP contribution in [0.3, 0.4) is 0 Å². The van der Waals surface area contributed by atoms with Crippen LogP contribution in [0.5, 0.6) is 5.75 Å². The number of carbonyl (C=O) groups excluding carboxylic acids is 1. The fraction of sp³-hybridized carbons (Fsp3) is 0.300. The number of thioether (sulfide) groups is 1. The summed E-state index contributed by atoms with van der Waals surface area (Å²) in [5.41, 5.74) is 1.65. The first-order chi connectivity index (χ1) is 13.9. The van der Waals surface area contributed by atoms with E-state index >= 15 is 0 Å². The second kappa shape index (κ2) is 9.23. The van der Waals surface area contributed by atoms with E-state index in [2.05, 4.69) is 9.98 Å². The number of amides is 1. The minimum absolute atomic E-state index is 0.103. The van der Waals surface area contributed by atoms with Crippen LogP contribution in [0.25, 0.3) is 6.08 Å². The maximum Gasteiger partial charge on any atom is 0.344 e. The second-order valence-electron chi connectivity index (χ2n) is 6.40. The van der Waals surface area contributed by atoms with Gasteiger partial charge in [-0.25, -0.2) is 9.78 Å². The lowest BCUT2D eigenvalue weighted by Crippen LogP contribution is -2.29. The van der Waals surface area contributed by atoms with Crippen molar-refractivity contribution in [2.24, 2.45) is 4.99 Å². The van der Waals surface area contributed by atoms with Crippen LogP contribution >= 0.6 is 23.1 Å². The fourth-order valence-corrected chi connectivity index (χ4v) is 4.30. The van der Waals surface area contributed by atoms with Crippen molar-refractivity contribution >= 4 is 51.4 Å². The van der Waals surface area contributed by atoms with Gasteiger partial charge in [-0.05, 0) is 55.8 Å². The van der Waals surface area contributed by atoms with Gasteiger partial charge in [0.2, 0.25) is 5.13 Å². The zero-order valence-electron chi connectivity index (χ0n) is 16.3. The van der Waals surface area contributed by atoms with Crippen molar-refractivity contribution in [1.29, 1.82) is 0 Å². The van der Waals surface area contributed by atoms with Crippen molar-refractivity contribution in [2.45, 2.75) is 33.3 Å². The number of aryl methyl sites for hydroxylation is 1. The Kier molecular flexibility index (Phi) is 6.71. The molecule has 2 heterocycles. The van der Waals surface area contributed by atoms with E-state index in [0.29, 0.717) is 27.5 Å². The molecule has 1 saturated heterocycles. The normalized spacial score (nSPS) is 17.9. The predicted molar refractivity (Wildman–Crippen MR) is 116 cm³/mol. The fourth-order valence-electron chi connectivity index (χ4n) is 2.57. The molecule has 2 aromatic rings. The highest BCUT2D eigenvalue weighted by Crippen LogP contribution is 2.35. The minimum atomic E-state index is -1.04. The molecule has 1 aromatic carbocycles. The van der Waals surface area contributed by atoms with Crippen molar-refractivity contribution in [3.8, 4) is 5.75 Å². The maximum atomic E-state index is 12.9. The second-order valence-corrected chi connectivity index (χ2v) is 8.25. The Morgan fingerprint density at radius 1 is 1.45 bits per heavy atom. The molecule has 0 aliphatic carbocycles. The number of aliphatic imine (C=N–C) groups is 1. The zero-order chi connectivity index (χ0) is 21.0. The molecule has 3 rings (SSSR count). The van der Waals surface area contributed by atoms with Gasteiger partial charge in [-0.15, -0.1) is 11.3 Å². The number of aliphatic carboxylic acids is 1. The third kappa shape index (κ3) is 5.24. The van der Waals surface area contributed by atoms with Crippen LogP contribution in [-0.4, -0.2) is 44.7 Å². The number of nitrogens with zero attached hydrogens (tertiary/aromatic N) is 3. The Hall–Kier alpha value is -2.65. The number of carboxylic acid groups (broad SMARTS) is 1. The first kappa shape index (κ1) is 21.1. The van der Waals surface area contributed by atoms with E-state index in [0.717, 1.165) is 17.7 Å². The first-order valence-corrected chi connectivity index (χ1v) is 10.8. The zero-order valence-corrected chi connectivity index (χ0v) is 17.9. The molecule has 0 saturated carbocycles. The summed E-state index contributed by atoms with van der Waals surface area (Å²) in [5, 5.41) is 12.2. The molecule has 1 N–H and O–H groups in total. The van der Waals surface area contributed by atoms with E-state index in [9.17, 15) is 9.59 Å². The summed E-state index contributed by atoms with van der Waals surface area (Å²) in [5.74, 6) is -0.708. The molecule has 0 spiro atoms. The van der Waals surface area contributed by atoms with Crippen LogP contribution in [-0.2, 0) is 9.59 Å². The quantitative estimate of drug-likeness (QED) is 0.657. The standard InChI is InChI=1S/C20H21N3O4S2/c1-4-8-23-17(24)16(29-20(23)22-19-21-12(2)11-28-19)10-14-6-5-7-15(9-14)27-13(3)18(25)26/h5-7,9-11,13H,4,8H2,1-3H3,(H,25,26)/b16-10+,22-20+. The van der Waals surface area contributed by atoms with Gasteiger partial charge in [-0.3, -0.25) is 9.69 Å². The Balaban J connectivity index is 1.86. The third-order valence-corrected chi connectivity index (χ3v) is 5.81. The first-order valence-electron chi connectivity index (χ1n) is 9.09. The van der Waals surface area contributed by atoms with Crippen LogP contribution in [0.15, 0.2) is 39.5 Å². The lowest BCUT2D eigenvalue weighted by atomic mass is 10.2. The van der Waals surface area contributed by atoms with Crippen LogP contribution in [0.4, 0.5) is 5.13 Å². The molecule has 7 nitrogen and oxygen atoms in total. The average Bonchev–Trinajstić information content (AvgIpc) is 3.20. The summed E-state index contributed by atoms with van der Waals surface area (Å²) >= 11 is 2.75. The largest absolute Gasteiger partial charge is 0.479 e. The van der Waals surface area contributed by atoms with Crippen LogP contribution < -0.4 is 4.74 Å². The number of benzene rings is 1. The molecule has 1 fully saturated rings. The highest BCUT2D eigenvalue weighted by molar-refractivity contribution is 8.18. The molecule has 0 bridgehead atoms. The van der Waals surface area contributed by atoms with Crippen LogP contribution in [0.1, 0.15) is 31.5 Å². The van der Waals surface area contributed by atoms with Gasteiger partial charge in [0, 0.05) is 11.9 Å². The lowest BCUT2D eigenvalue weighted by Gasteiger charge is -2.13. The summed E-state index contributed by atoms with van der Waals surface area (Å²) in [6.45, 7) is 5.96. The van der Waals surface area contributed by atoms with Gasteiger partial charge in [-0.1, -0.05) is 19.1 Å². The van der Waals surface area contributed by atoms with E-state index in [1.807, 2.05) is 25.3 Å². The van der Waals surface area contributed by atoms with Crippen LogP contribution in [0, 0.1) is 6.92 Å². The highest BCUT2D eigenvalue weighted by Gasteiger charge is 2.33. The molecule has 1 amide bonds. The molecule has 152 valence electrons. The number of carboxylic acids is 1. The average molecular weight is 432 g/mol. The van der Waals surface area contributed by atoms with E-state index in [-0.39, 0.29) is 5.91 Å². The van der Waals surface area contributed by atoms with E-state index in [4.69, 9.17) is 9.84 Å². The van der Waals surface area contributed by atoms with Crippen molar-refractivity contribution in [3.63, 3.8) is 0 Å². The van der Waals surface area contributed by atoms with Gasteiger partial charge >= 0.3 is 5.97 Å². The van der Waals surface area contributed by atoms with Crippen molar-refractivity contribution in [3.05, 3.63) is 45.8 Å². The SMILES string of the molecule is CCCN1C(=O)/C(=C\c2cccc(OC(C)C(=O)O)c2)S/C1=N/c1nc(C)cs1. The molecule has 29 heavy (non-hydrogen) atoms. The predicted octanol–water partition coefficient (Wildman–Crippen LogP) is 4.32. The molecule has 1 aliphatic rings. The minimum Gasteiger partial charge on any atom is -0.479 e. The molecule has 1 aromatic heterocycles. The van der Waals surface area contributed by atoms with Gasteiger partial charge in [0.25, 0.3) is 5.91 Å². The summed E-state index contributed by atoms with van der Waals surface area (Å²) in [7, 11) is 0. The highest BCUT2D eigenvalue weighted by atomic mass is 32.2. The van der Waals surface area contributed by atoms with Gasteiger partial charge in [0.1, 0.15) is 5.75 Å². The number of thiazole rings is 1. The van der Waals surface area contributed by atoms with Crippen molar-refractivity contribution < 1.29 is 19.4 Å². The Morgan fingerprint density at radius 3 is 2.90 bits per heavy atom. The summed E-state index contributed by atoms with van der Waals surface area (Å²) < 4.78 is 5.41. The van der Waals surface area contributed by atoms with E-state index in [1.54, 1.807) is 29.2 Å². The summed E-state index contributed by atoms with van der Waals surface area (Å²) in [6.07, 6.45) is 1.62. The van der Waals surface area contributed by atoms with E-state index < -0.39 is 12.1 Å².